The van der Waals surface area contributed by atoms with Crippen LogP contribution in [-0.2, 0) is 16.6 Å². The lowest BCUT2D eigenvalue weighted by molar-refractivity contribution is 0.129. The van der Waals surface area contributed by atoms with Crippen molar-refractivity contribution in [2.45, 2.75) is 56.0 Å². The van der Waals surface area contributed by atoms with E-state index in [2.05, 4.69) is 0 Å². The Hall–Kier alpha value is -0.430. The summed E-state index contributed by atoms with van der Waals surface area (Å²) in [6.45, 7) is 1.09. The maximum Gasteiger partial charge on any atom is 0.244 e. The monoisotopic (exact) mass is 314 g/mol. The quantitative estimate of drug-likeness (QED) is 0.932. The Balaban J connectivity index is 1.89. The fourth-order valence-electron chi connectivity index (χ4n) is 3.62. The van der Waals surface area contributed by atoms with E-state index in [1.165, 1.54) is 30.6 Å². The predicted octanol–water partition coefficient (Wildman–Crippen LogP) is 2.55. The first-order valence-corrected chi connectivity index (χ1v) is 9.74. The highest BCUT2D eigenvalue weighted by Crippen LogP contribution is 2.38. The highest BCUT2D eigenvalue weighted by molar-refractivity contribution is 7.89. The van der Waals surface area contributed by atoms with Crippen LogP contribution in [0.15, 0.2) is 16.3 Å². The molecule has 2 fully saturated rings. The van der Waals surface area contributed by atoms with Crippen LogP contribution in [0.3, 0.4) is 0 Å². The molecule has 1 saturated carbocycles. The number of sulfonamides is 1. The van der Waals surface area contributed by atoms with Crippen LogP contribution in [0.4, 0.5) is 0 Å². The lowest BCUT2D eigenvalue weighted by Crippen LogP contribution is -2.49. The molecule has 112 valence electrons. The Morgan fingerprint density at radius 2 is 2.00 bits per heavy atom. The van der Waals surface area contributed by atoms with E-state index in [-0.39, 0.29) is 6.04 Å². The molecule has 1 aliphatic heterocycles. The summed E-state index contributed by atoms with van der Waals surface area (Å²) in [7, 11) is -3.33. The maximum atomic E-state index is 12.9. The van der Waals surface area contributed by atoms with Gasteiger partial charge < -0.3 is 5.73 Å². The number of hydrogen-bond acceptors (Lipinski definition) is 4. The number of fused-ring (bicyclic) bond motifs is 1. The SMILES string of the molecule is NCc1cc(S(=O)(=O)N2CCCC3CCCCC32)cs1. The second kappa shape index (κ2) is 5.75. The van der Waals surface area contributed by atoms with Crippen LogP contribution >= 0.6 is 11.3 Å². The summed E-state index contributed by atoms with van der Waals surface area (Å²) in [5, 5.41) is 1.74. The zero-order valence-electron chi connectivity index (χ0n) is 11.6. The van der Waals surface area contributed by atoms with Crippen LogP contribution in [0.25, 0.3) is 0 Å². The number of nitrogens with two attached hydrogens (primary N) is 1. The summed E-state index contributed by atoms with van der Waals surface area (Å²) in [6, 6.07) is 1.97. The Labute approximate surface area is 125 Å². The molecule has 3 rings (SSSR count). The second-order valence-corrected chi connectivity index (χ2v) is 8.71. The molecule has 1 aromatic rings. The molecule has 2 aliphatic rings. The Kier molecular flexibility index (Phi) is 4.17. The minimum Gasteiger partial charge on any atom is -0.326 e. The molecule has 1 aromatic heterocycles. The molecule has 0 bridgehead atoms. The highest BCUT2D eigenvalue weighted by atomic mass is 32.2. The number of rotatable bonds is 3. The van der Waals surface area contributed by atoms with Crippen molar-refractivity contribution in [1.82, 2.24) is 4.31 Å². The molecule has 2 N–H and O–H groups in total. The Morgan fingerprint density at radius 3 is 2.75 bits per heavy atom. The van der Waals surface area contributed by atoms with E-state index < -0.39 is 10.0 Å². The van der Waals surface area contributed by atoms with Crippen molar-refractivity contribution in [2.24, 2.45) is 11.7 Å². The van der Waals surface area contributed by atoms with Crippen LogP contribution in [0, 0.1) is 5.92 Å². The van der Waals surface area contributed by atoms with Crippen LogP contribution in [0.1, 0.15) is 43.4 Å². The smallest absolute Gasteiger partial charge is 0.244 e. The third-order valence-corrected chi connectivity index (χ3v) is 7.64. The number of thiophene rings is 1. The summed E-state index contributed by atoms with van der Waals surface area (Å²) >= 11 is 1.44. The fraction of sp³-hybridized carbons (Fsp3) is 0.714. The molecule has 2 atom stereocenters. The van der Waals surface area contributed by atoms with Gasteiger partial charge in [-0.15, -0.1) is 11.3 Å². The van der Waals surface area contributed by atoms with E-state index >= 15 is 0 Å². The first-order chi connectivity index (χ1) is 9.63. The van der Waals surface area contributed by atoms with Gasteiger partial charge in [0.05, 0.1) is 4.90 Å². The summed E-state index contributed by atoms with van der Waals surface area (Å²) < 4.78 is 27.5. The van der Waals surface area contributed by atoms with E-state index in [4.69, 9.17) is 5.73 Å². The summed E-state index contributed by atoms with van der Waals surface area (Å²) in [5.41, 5.74) is 5.59. The van der Waals surface area contributed by atoms with Gasteiger partial charge in [-0.2, -0.15) is 4.31 Å². The Morgan fingerprint density at radius 1 is 1.25 bits per heavy atom. The van der Waals surface area contributed by atoms with E-state index in [1.807, 2.05) is 0 Å². The second-order valence-electron chi connectivity index (χ2n) is 5.82. The summed E-state index contributed by atoms with van der Waals surface area (Å²) in [6.07, 6.45) is 6.81. The van der Waals surface area contributed by atoms with E-state index in [9.17, 15) is 8.42 Å². The van der Waals surface area contributed by atoms with Gasteiger partial charge in [0.15, 0.2) is 0 Å². The largest absolute Gasteiger partial charge is 0.326 e. The minimum atomic E-state index is -3.33. The van der Waals surface area contributed by atoms with Crippen LogP contribution in [-0.4, -0.2) is 25.3 Å². The van der Waals surface area contributed by atoms with Gasteiger partial charge in [-0.3, -0.25) is 0 Å². The molecular weight excluding hydrogens is 292 g/mol. The number of hydrogen-bond donors (Lipinski definition) is 1. The molecule has 2 heterocycles. The van der Waals surface area contributed by atoms with Gasteiger partial charge in [-0.05, 0) is 37.7 Å². The fourth-order valence-corrected chi connectivity index (χ4v) is 6.51. The topological polar surface area (TPSA) is 63.4 Å². The van der Waals surface area contributed by atoms with Gasteiger partial charge in [0.2, 0.25) is 10.0 Å². The van der Waals surface area contributed by atoms with Crippen molar-refractivity contribution in [2.75, 3.05) is 6.54 Å². The standard InChI is InChI=1S/C14H22N2O2S2/c15-9-12-8-13(10-19-12)20(17,18)16-7-3-5-11-4-1-2-6-14(11)16/h8,10-11,14H,1-7,9,15H2. The minimum absolute atomic E-state index is 0.226. The van der Waals surface area contributed by atoms with Crippen LogP contribution < -0.4 is 5.73 Å². The van der Waals surface area contributed by atoms with E-state index in [0.29, 0.717) is 23.9 Å². The number of nitrogens with zero attached hydrogens (tertiary/aromatic N) is 1. The highest BCUT2D eigenvalue weighted by Gasteiger charge is 2.40. The third-order valence-electron chi connectivity index (χ3n) is 4.63. The molecule has 1 aliphatic carbocycles. The van der Waals surface area contributed by atoms with Gasteiger partial charge in [0.25, 0.3) is 0 Å². The molecule has 1 saturated heterocycles. The molecular formula is C14H22N2O2S2. The molecule has 0 amide bonds. The lowest BCUT2D eigenvalue weighted by Gasteiger charge is -2.42. The van der Waals surface area contributed by atoms with Gasteiger partial charge in [0.1, 0.15) is 0 Å². The maximum absolute atomic E-state index is 12.9. The zero-order valence-corrected chi connectivity index (χ0v) is 13.3. The van der Waals surface area contributed by atoms with Gasteiger partial charge in [0, 0.05) is 29.4 Å². The zero-order chi connectivity index (χ0) is 14.2. The molecule has 4 nitrogen and oxygen atoms in total. The predicted molar refractivity (Wildman–Crippen MR) is 81.1 cm³/mol. The number of piperidine rings is 1. The van der Waals surface area contributed by atoms with Crippen molar-refractivity contribution in [3.05, 3.63) is 16.3 Å². The normalized spacial score (nSPS) is 28.2. The molecule has 6 heteroatoms. The van der Waals surface area contributed by atoms with Crippen molar-refractivity contribution in [3.63, 3.8) is 0 Å². The molecule has 0 radical (unpaired) electrons. The van der Waals surface area contributed by atoms with Crippen molar-refractivity contribution in [3.8, 4) is 0 Å². The first-order valence-electron chi connectivity index (χ1n) is 7.42. The molecule has 20 heavy (non-hydrogen) atoms. The van der Waals surface area contributed by atoms with Gasteiger partial charge in [-0.1, -0.05) is 12.8 Å². The van der Waals surface area contributed by atoms with Gasteiger partial charge in [-0.25, -0.2) is 8.42 Å². The molecule has 0 aromatic carbocycles. The molecule has 2 unspecified atom stereocenters. The first kappa shape index (κ1) is 14.5. The van der Waals surface area contributed by atoms with E-state index in [0.717, 1.165) is 24.1 Å². The third kappa shape index (κ3) is 2.54. The average molecular weight is 314 g/mol. The van der Waals surface area contributed by atoms with Crippen molar-refractivity contribution >= 4 is 21.4 Å². The lowest BCUT2D eigenvalue weighted by atomic mass is 9.79. The Bertz CT molecular complexity index is 565. The van der Waals surface area contributed by atoms with E-state index in [1.54, 1.807) is 15.8 Å². The summed E-state index contributed by atoms with van der Waals surface area (Å²) in [5.74, 6) is 0.569. The van der Waals surface area contributed by atoms with Crippen molar-refractivity contribution in [1.29, 1.82) is 0 Å². The average Bonchev–Trinajstić information content (AvgIpc) is 2.96. The molecule has 0 spiro atoms. The van der Waals surface area contributed by atoms with Crippen molar-refractivity contribution < 1.29 is 8.42 Å². The van der Waals surface area contributed by atoms with Crippen LogP contribution in [0.2, 0.25) is 0 Å². The van der Waals surface area contributed by atoms with Gasteiger partial charge >= 0.3 is 0 Å². The van der Waals surface area contributed by atoms with Crippen LogP contribution in [0.5, 0.6) is 0 Å². The summed E-state index contributed by atoms with van der Waals surface area (Å²) in [4.78, 5) is 1.37.